The summed E-state index contributed by atoms with van der Waals surface area (Å²) < 4.78 is 0. The first kappa shape index (κ1) is 18.0. The summed E-state index contributed by atoms with van der Waals surface area (Å²) in [5.74, 6) is 3.98. The lowest BCUT2D eigenvalue weighted by molar-refractivity contribution is 0.753. The number of hydrogen-bond acceptors (Lipinski definition) is 5. The van der Waals surface area contributed by atoms with Gasteiger partial charge in [0.25, 0.3) is 0 Å². The van der Waals surface area contributed by atoms with Crippen molar-refractivity contribution >= 4 is 34.4 Å². The van der Waals surface area contributed by atoms with Gasteiger partial charge < -0.3 is 0 Å². The summed E-state index contributed by atoms with van der Waals surface area (Å²) in [4.78, 5) is 11.9. The Morgan fingerprint density at radius 1 is 0.955 bits per heavy atom. The normalized spacial score (nSPS) is 13.2. The molecule has 0 radical (unpaired) electrons. The molecule has 0 N–H and O–H groups in total. The van der Waals surface area contributed by atoms with Gasteiger partial charge in [-0.2, -0.15) is 11.8 Å². The van der Waals surface area contributed by atoms with E-state index in [9.17, 15) is 0 Å². The third-order valence-corrected chi connectivity index (χ3v) is 7.59. The minimum Gasteiger partial charge on any atom is -0.249 e. The van der Waals surface area contributed by atoms with Crippen molar-refractivity contribution in [3.63, 3.8) is 0 Å². The fraction of sp³-hybridized carbons (Fsp3) is 0.647. The van der Waals surface area contributed by atoms with E-state index in [2.05, 4.69) is 50.8 Å². The Hall–Kier alpha value is -0.390. The molecule has 1 atom stereocenters. The van der Waals surface area contributed by atoms with Crippen molar-refractivity contribution in [3.8, 4) is 0 Å². The molecule has 0 aliphatic rings. The van der Waals surface area contributed by atoms with Crippen molar-refractivity contribution in [2.24, 2.45) is 0 Å². The van der Waals surface area contributed by atoms with Gasteiger partial charge in [0.05, 0.1) is 5.01 Å². The van der Waals surface area contributed by atoms with Crippen LogP contribution in [0.25, 0.3) is 0 Å². The van der Waals surface area contributed by atoms with Crippen LogP contribution in [0.1, 0.15) is 78.6 Å². The molecule has 2 aromatic heterocycles. The van der Waals surface area contributed by atoms with E-state index in [1.807, 2.05) is 40.6 Å². The third-order valence-electron chi connectivity index (χ3n) is 3.58. The average molecular weight is 355 g/mol. The summed E-state index contributed by atoms with van der Waals surface area (Å²) in [6.45, 7) is 11.2. The van der Waals surface area contributed by atoms with Crippen LogP contribution in [0.4, 0.5) is 0 Å². The Kier molecular flexibility index (Phi) is 6.90. The van der Waals surface area contributed by atoms with Crippen molar-refractivity contribution in [2.45, 2.75) is 64.5 Å². The maximum Gasteiger partial charge on any atom is 0.103 e. The van der Waals surface area contributed by atoms with Crippen LogP contribution in [-0.4, -0.2) is 15.7 Å². The van der Waals surface area contributed by atoms with Gasteiger partial charge in [0.2, 0.25) is 0 Å². The highest BCUT2D eigenvalue weighted by atomic mass is 32.2. The number of rotatable bonds is 8. The number of nitrogens with zero attached hydrogens (tertiary/aromatic N) is 2. The molecule has 0 aliphatic heterocycles. The monoisotopic (exact) mass is 354 g/mol. The molecule has 1 unspecified atom stereocenters. The Morgan fingerprint density at radius 3 is 2.27 bits per heavy atom. The van der Waals surface area contributed by atoms with Crippen LogP contribution in [0.3, 0.4) is 0 Å². The van der Waals surface area contributed by atoms with Crippen LogP contribution in [-0.2, 0) is 5.75 Å². The first-order valence-corrected chi connectivity index (χ1v) is 10.7. The highest BCUT2D eigenvalue weighted by Crippen LogP contribution is 2.30. The molecule has 0 fully saturated rings. The maximum atomic E-state index is 4.54. The fourth-order valence-electron chi connectivity index (χ4n) is 2.02. The number of thiazole rings is 2. The zero-order valence-electron chi connectivity index (χ0n) is 14.1. The number of aromatic nitrogens is 2. The molecule has 2 rings (SSSR count). The molecular formula is C17H26N2S3. The number of thioether (sulfide) groups is 1. The van der Waals surface area contributed by atoms with Gasteiger partial charge in [-0.25, -0.2) is 9.97 Å². The smallest absolute Gasteiger partial charge is 0.103 e. The van der Waals surface area contributed by atoms with E-state index in [0.29, 0.717) is 17.8 Å². The molecular weight excluding hydrogens is 328 g/mol. The van der Waals surface area contributed by atoms with Gasteiger partial charge >= 0.3 is 0 Å². The second kappa shape index (κ2) is 8.46. The number of hydrogen-bond donors (Lipinski definition) is 0. The van der Waals surface area contributed by atoms with Gasteiger partial charge in [0, 0.05) is 33.8 Å². The van der Waals surface area contributed by atoms with E-state index < -0.39 is 0 Å². The summed E-state index contributed by atoms with van der Waals surface area (Å²) in [7, 11) is 0. The Bertz CT molecular complexity index is 572. The summed E-state index contributed by atoms with van der Waals surface area (Å²) in [5.41, 5.74) is 0. The van der Waals surface area contributed by atoms with Gasteiger partial charge in [0.1, 0.15) is 5.01 Å². The van der Waals surface area contributed by atoms with Crippen LogP contribution < -0.4 is 0 Å². The summed E-state index contributed by atoms with van der Waals surface area (Å²) in [6, 6.07) is 0. The molecule has 5 heteroatoms. The van der Waals surface area contributed by atoms with Gasteiger partial charge in [-0.1, -0.05) is 34.6 Å². The van der Waals surface area contributed by atoms with Crippen molar-refractivity contribution < 1.29 is 0 Å². The lowest BCUT2D eigenvalue weighted by Gasteiger charge is -2.07. The Labute approximate surface area is 146 Å². The Morgan fingerprint density at radius 2 is 1.68 bits per heavy atom. The van der Waals surface area contributed by atoms with Crippen molar-refractivity contribution in [2.75, 3.05) is 5.75 Å². The second-order valence-electron chi connectivity index (χ2n) is 6.31. The highest BCUT2D eigenvalue weighted by Gasteiger charge is 2.12. The highest BCUT2D eigenvalue weighted by molar-refractivity contribution is 7.98. The molecule has 22 heavy (non-hydrogen) atoms. The lowest BCUT2D eigenvalue weighted by Crippen LogP contribution is -1.93. The molecule has 0 saturated heterocycles. The second-order valence-corrected chi connectivity index (χ2v) is 9.65. The van der Waals surface area contributed by atoms with Crippen LogP contribution in [0.5, 0.6) is 0 Å². The standard InChI is InChI=1S/C17H26N2S3/c1-11(2)14-8-18-16(21-14)10-20-7-6-13(5)15-9-19-17(22-15)12(3)4/h8-9,11-13H,6-7,10H2,1-5H3. The van der Waals surface area contributed by atoms with Crippen LogP contribution in [0.15, 0.2) is 12.4 Å². The summed E-state index contributed by atoms with van der Waals surface area (Å²) >= 11 is 5.74. The van der Waals surface area contributed by atoms with Gasteiger partial charge in [-0.15, -0.1) is 22.7 Å². The van der Waals surface area contributed by atoms with Gasteiger partial charge in [-0.3, -0.25) is 0 Å². The molecule has 0 amide bonds. The largest absolute Gasteiger partial charge is 0.249 e. The SMILES string of the molecule is CC(C)c1cnc(CSCCC(C)c2cnc(C(C)C)s2)s1. The summed E-state index contributed by atoms with van der Waals surface area (Å²) in [5, 5.41) is 2.53. The lowest BCUT2D eigenvalue weighted by atomic mass is 10.1. The zero-order valence-corrected chi connectivity index (χ0v) is 16.6. The van der Waals surface area contributed by atoms with Crippen molar-refractivity contribution in [3.05, 3.63) is 32.2 Å². The van der Waals surface area contributed by atoms with E-state index in [-0.39, 0.29) is 0 Å². The first-order valence-electron chi connectivity index (χ1n) is 7.95. The first-order chi connectivity index (χ1) is 10.5. The third kappa shape index (κ3) is 5.07. The predicted octanol–water partition coefficient (Wildman–Crippen LogP) is 6.27. The topological polar surface area (TPSA) is 25.8 Å². The van der Waals surface area contributed by atoms with E-state index in [4.69, 9.17) is 0 Å². The zero-order chi connectivity index (χ0) is 16.1. The van der Waals surface area contributed by atoms with E-state index >= 15 is 0 Å². The van der Waals surface area contributed by atoms with E-state index in [0.717, 1.165) is 5.75 Å². The molecule has 2 aromatic rings. The minimum atomic E-state index is 0.542. The van der Waals surface area contributed by atoms with Crippen LogP contribution in [0, 0.1) is 0 Å². The molecule has 0 aliphatic carbocycles. The van der Waals surface area contributed by atoms with E-state index in [1.165, 1.54) is 31.9 Å². The maximum absolute atomic E-state index is 4.54. The predicted molar refractivity (Wildman–Crippen MR) is 102 cm³/mol. The molecule has 2 nitrogen and oxygen atoms in total. The van der Waals surface area contributed by atoms with Crippen molar-refractivity contribution in [1.29, 1.82) is 0 Å². The van der Waals surface area contributed by atoms with Crippen molar-refractivity contribution in [1.82, 2.24) is 9.97 Å². The quantitative estimate of drug-likeness (QED) is 0.522. The van der Waals surface area contributed by atoms with Gasteiger partial charge in [-0.05, 0) is 24.0 Å². The minimum absolute atomic E-state index is 0.542. The molecule has 0 bridgehead atoms. The summed E-state index contributed by atoms with van der Waals surface area (Å²) in [6.07, 6.45) is 5.33. The molecule has 0 spiro atoms. The van der Waals surface area contributed by atoms with E-state index in [1.54, 1.807) is 0 Å². The average Bonchev–Trinajstić information content (AvgIpc) is 3.12. The van der Waals surface area contributed by atoms with Gasteiger partial charge in [0.15, 0.2) is 0 Å². The van der Waals surface area contributed by atoms with Crippen LogP contribution in [0.2, 0.25) is 0 Å². The molecule has 2 heterocycles. The molecule has 0 saturated carbocycles. The van der Waals surface area contributed by atoms with Crippen LogP contribution >= 0.6 is 34.4 Å². The Balaban J connectivity index is 1.73. The molecule has 0 aromatic carbocycles. The molecule has 122 valence electrons. The fourth-order valence-corrected chi connectivity index (χ4v) is 5.14.